The van der Waals surface area contributed by atoms with Gasteiger partial charge in [0.15, 0.2) is 0 Å². The highest BCUT2D eigenvalue weighted by Crippen LogP contribution is 2.22. The topological polar surface area (TPSA) is 44.6 Å². The second kappa shape index (κ2) is 5.89. The molecule has 0 N–H and O–H groups in total. The molecule has 0 bridgehead atoms. The molecule has 1 rings (SSSR count). The Labute approximate surface area is 114 Å². The van der Waals surface area contributed by atoms with Gasteiger partial charge in [-0.05, 0) is 39.0 Å². The summed E-state index contributed by atoms with van der Waals surface area (Å²) in [6.45, 7) is 5.66. The van der Waals surface area contributed by atoms with Crippen molar-refractivity contribution >= 4 is 33.5 Å². The van der Waals surface area contributed by atoms with Crippen LogP contribution < -0.4 is 4.74 Å². The third-order valence-corrected chi connectivity index (χ3v) is 3.84. The highest BCUT2D eigenvalue weighted by atomic mass is 79.9. The quantitative estimate of drug-likeness (QED) is 0.634. The van der Waals surface area contributed by atoms with E-state index in [0.29, 0.717) is 5.75 Å². The van der Waals surface area contributed by atoms with E-state index >= 15 is 0 Å². The predicted molar refractivity (Wildman–Crippen MR) is 76.2 cm³/mol. The number of benzene rings is 1. The molecule has 0 fully saturated rings. The average molecular weight is 318 g/mol. The van der Waals surface area contributed by atoms with Crippen molar-refractivity contribution in [1.29, 1.82) is 0 Å². The van der Waals surface area contributed by atoms with Crippen LogP contribution in [0.15, 0.2) is 27.1 Å². The first kappa shape index (κ1) is 14.5. The number of rotatable bonds is 3. The lowest BCUT2D eigenvalue weighted by Gasteiger charge is -2.17. The van der Waals surface area contributed by atoms with Crippen molar-refractivity contribution in [3.8, 4) is 5.75 Å². The van der Waals surface area contributed by atoms with E-state index in [2.05, 4.69) is 20.3 Å². The van der Waals surface area contributed by atoms with Crippen LogP contribution in [0.2, 0.25) is 0 Å². The predicted octanol–water partition coefficient (Wildman–Crippen LogP) is 3.34. The van der Waals surface area contributed by atoms with E-state index in [1.54, 1.807) is 13.3 Å². The zero-order chi connectivity index (χ0) is 13.1. The third kappa shape index (κ3) is 4.33. The van der Waals surface area contributed by atoms with Gasteiger partial charge in [-0.2, -0.15) is 0 Å². The van der Waals surface area contributed by atoms with E-state index in [4.69, 9.17) is 4.74 Å². The number of ether oxygens (including phenoxy) is 1. The molecule has 0 amide bonds. The number of halogens is 1. The van der Waals surface area contributed by atoms with Crippen LogP contribution in [-0.2, 0) is 11.4 Å². The summed E-state index contributed by atoms with van der Waals surface area (Å²) in [5.74, 6) is 0.711. The molecule has 0 radical (unpaired) electrons. The van der Waals surface area contributed by atoms with Gasteiger partial charge in [-0.1, -0.05) is 20.3 Å². The first-order valence-electron chi connectivity index (χ1n) is 5.14. The van der Waals surface area contributed by atoms with Gasteiger partial charge in [-0.3, -0.25) is 0 Å². The first-order chi connectivity index (χ1) is 7.84. The summed E-state index contributed by atoms with van der Waals surface area (Å²) in [4.78, 5) is 0. The van der Waals surface area contributed by atoms with Gasteiger partial charge in [-0.15, -0.1) is 0 Å². The number of hydrogen-bond donors (Lipinski definition) is 0. The second-order valence-corrected chi connectivity index (χ2v) is 7.33. The van der Waals surface area contributed by atoms with Crippen molar-refractivity contribution in [2.45, 2.75) is 25.5 Å². The lowest BCUT2D eigenvalue weighted by molar-refractivity contribution is 0.414. The number of hydrogen-bond acceptors (Lipinski definition) is 3. The summed E-state index contributed by atoms with van der Waals surface area (Å²) in [5.41, 5.74) is 0.805. The van der Waals surface area contributed by atoms with Crippen molar-refractivity contribution in [2.75, 3.05) is 7.11 Å². The molecule has 0 aromatic heterocycles. The van der Waals surface area contributed by atoms with E-state index in [1.807, 2.05) is 39.0 Å². The summed E-state index contributed by atoms with van der Waals surface area (Å²) in [6.07, 6.45) is 1.59. The van der Waals surface area contributed by atoms with E-state index in [-0.39, 0.29) is 4.75 Å². The van der Waals surface area contributed by atoms with E-state index in [0.717, 1.165) is 10.0 Å². The fourth-order valence-electron chi connectivity index (χ4n) is 1.07. The van der Waals surface area contributed by atoms with Gasteiger partial charge >= 0.3 is 0 Å². The lowest BCUT2D eigenvalue weighted by atomic mass is 10.2. The molecule has 0 aliphatic carbocycles. The first-order valence-corrected chi connectivity index (χ1v) is 7.04. The Kier molecular flexibility index (Phi) is 5.04. The van der Waals surface area contributed by atoms with Gasteiger partial charge in [0.1, 0.15) is 21.9 Å². The zero-order valence-corrected chi connectivity index (χ0v) is 12.8. The van der Waals surface area contributed by atoms with Crippen LogP contribution in [0.1, 0.15) is 26.3 Å². The molecule has 0 saturated heterocycles. The molecule has 0 unspecified atom stereocenters. The summed E-state index contributed by atoms with van der Waals surface area (Å²) in [5, 5.41) is 0. The van der Waals surface area contributed by atoms with Gasteiger partial charge in [0.05, 0.1) is 13.3 Å². The fourth-order valence-corrected chi connectivity index (χ4v) is 1.97. The van der Waals surface area contributed by atoms with E-state index in [1.165, 1.54) is 0 Å². The van der Waals surface area contributed by atoms with Crippen molar-refractivity contribution in [2.24, 2.45) is 4.40 Å². The van der Waals surface area contributed by atoms with Crippen LogP contribution in [0.4, 0.5) is 0 Å². The van der Waals surface area contributed by atoms with Crippen molar-refractivity contribution in [3.63, 3.8) is 0 Å². The highest BCUT2D eigenvalue weighted by Gasteiger charge is 2.25. The standard InChI is InChI=1S/C12H16BrNO2S/c1-12(2,3)17(15)14-8-9-7-10(13)5-6-11(9)16-4/h5-8H,1-4H3/t17-/m0/s1. The van der Waals surface area contributed by atoms with Crippen LogP contribution in [0.5, 0.6) is 5.75 Å². The minimum absolute atomic E-state index is 0.351. The normalized spacial score (nSPS) is 14.0. The van der Waals surface area contributed by atoms with Crippen molar-refractivity contribution in [1.82, 2.24) is 0 Å². The van der Waals surface area contributed by atoms with Crippen LogP contribution in [-0.4, -0.2) is 22.6 Å². The smallest absolute Gasteiger partial charge is 0.144 e. The maximum atomic E-state index is 11.8. The second-order valence-electron chi connectivity index (χ2n) is 4.48. The summed E-state index contributed by atoms with van der Waals surface area (Å²) in [6, 6.07) is 5.60. The monoisotopic (exact) mass is 317 g/mol. The van der Waals surface area contributed by atoms with Crippen LogP contribution in [0.3, 0.4) is 0 Å². The molecular weight excluding hydrogens is 302 g/mol. The van der Waals surface area contributed by atoms with E-state index in [9.17, 15) is 4.55 Å². The summed E-state index contributed by atoms with van der Waals surface area (Å²) < 4.78 is 21.6. The molecule has 0 spiro atoms. The lowest BCUT2D eigenvalue weighted by Crippen LogP contribution is -2.25. The molecule has 94 valence electrons. The molecule has 0 heterocycles. The van der Waals surface area contributed by atoms with Gasteiger partial charge in [0.25, 0.3) is 0 Å². The summed E-state index contributed by atoms with van der Waals surface area (Å²) in [7, 11) is 1.60. The fraction of sp³-hybridized carbons (Fsp3) is 0.417. The van der Waals surface area contributed by atoms with Crippen molar-refractivity contribution < 1.29 is 9.29 Å². The minimum Gasteiger partial charge on any atom is -0.591 e. The highest BCUT2D eigenvalue weighted by molar-refractivity contribution is 9.10. The number of nitrogens with zero attached hydrogens (tertiary/aromatic N) is 1. The Bertz CT molecular complexity index is 415. The largest absolute Gasteiger partial charge is 0.591 e. The molecule has 1 aromatic rings. The van der Waals surface area contributed by atoms with E-state index < -0.39 is 11.4 Å². The Hall–Kier alpha value is -0.520. The molecule has 0 saturated carbocycles. The Balaban J connectivity index is 2.94. The zero-order valence-electron chi connectivity index (χ0n) is 10.4. The molecule has 17 heavy (non-hydrogen) atoms. The molecule has 1 aromatic carbocycles. The maximum Gasteiger partial charge on any atom is 0.144 e. The van der Waals surface area contributed by atoms with Gasteiger partial charge < -0.3 is 9.29 Å². The van der Waals surface area contributed by atoms with Crippen LogP contribution in [0.25, 0.3) is 0 Å². The molecular formula is C12H16BrNO2S. The average Bonchev–Trinajstić information content (AvgIpc) is 2.24. The Morgan fingerprint density at radius 3 is 2.59 bits per heavy atom. The van der Waals surface area contributed by atoms with Crippen LogP contribution >= 0.6 is 15.9 Å². The van der Waals surface area contributed by atoms with Crippen LogP contribution in [0, 0.1) is 0 Å². The molecule has 0 aliphatic rings. The molecule has 1 atom stereocenters. The molecule has 5 heteroatoms. The molecule has 3 nitrogen and oxygen atoms in total. The minimum atomic E-state index is -1.26. The van der Waals surface area contributed by atoms with Gasteiger partial charge in [0.2, 0.25) is 0 Å². The summed E-state index contributed by atoms with van der Waals surface area (Å²) >= 11 is 2.12. The Morgan fingerprint density at radius 2 is 2.06 bits per heavy atom. The maximum absolute atomic E-state index is 11.8. The third-order valence-electron chi connectivity index (χ3n) is 2.00. The SMILES string of the molecule is COc1ccc(Br)cc1C=N[S@@+]([O-])C(C)(C)C. The number of methoxy groups -OCH3 is 1. The van der Waals surface area contributed by atoms with Gasteiger partial charge in [0, 0.05) is 10.0 Å². The van der Waals surface area contributed by atoms with Crippen molar-refractivity contribution in [3.05, 3.63) is 28.2 Å². The molecule has 0 aliphatic heterocycles. The Morgan fingerprint density at radius 1 is 1.41 bits per heavy atom. The van der Waals surface area contributed by atoms with Gasteiger partial charge in [-0.25, -0.2) is 0 Å².